The fraction of sp³-hybridized carbons (Fsp3) is 0.667. The fourth-order valence-electron chi connectivity index (χ4n) is 3.15. The molecule has 4 amide bonds. The van der Waals surface area contributed by atoms with E-state index < -0.39 is 60.2 Å². The lowest BCUT2D eigenvalue weighted by Gasteiger charge is -2.24. The first-order chi connectivity index (χ1) is 18.3. The van der Waals surface area contributed by atoms with E-state index in [4.69, 9.17) is 34.4 Å². The van der Waals surface area contributed by atoms with Gasteiger partial charge in [0.2, 0.25) is 23.6 Å². The Kier molecular flexibility index (Phi) is 17.4. The van der Waals surface area contributed by atoms with Gasteiger partial charge in [-0.3, -0.25) is 29.2 Å². The van der Waals surface area contributed by atoms with E-state index in [0.717, 1.165) is 0 Å². The Morgan fingerprint density at radius 2 is 1.23 bits per heavy atom. The van der Waals surface area contributed by atoms with Crippen molar-refractivity contribution in [2.24, 2.45) is 44.4 Å². The summed E-state index contributed by atoms with van der Waals surface area (Å²) in [5, 5.41) is 16.7. The number of guanidine groups is 2. The highest BCUT2D eigenvalue weighted by Gasteiger charge is 2.31. The maximum atomic E-state index is 13.0. The molecule has 0 aromatic carbocycles. The van der Waals surface area contributed by atoms with Gasteiger partial charge in [-0.1, -0.05) is 0 Å². The molecular weight excluding hydrogens is 534 g/mol. The predicted molar refractivity (Wildman–Crippen MR) is 148 cm³/mol. The van der Waals surface area contributed by atoms with Gasteiger partial charge in [-0.05, 0) is 44.1 Å². The van der Waals surface area contributed by atoms with Gasteiger partial charge >= 0.3 is 5.97 Å². The first-order valence-corrected chi connectivity index (χ1v) is 13.4. The van der Waals surface area contributed by atoms with Crippen molar-refractivity contribution in [3.8, 4) is 0 Å². The number of carboxylic acid groups (broad SMARTS) is 1. The molecular formula is C21H41N11O6S. The monoisotopic (exact) mass is 575 g/mol. The normalized spacial score (nSPS) is 13.6. The van der Waals surface area contributed by atoms with Gasteiger partial charge in [-0.15, -0.1) is 0 Å². The number of nitrogens with zero attached hydrogens (tertiary/aromatic N) is 2. The number of hydrogen-bond donors (Lipinski definition) is 10. The molecule has 0 spiro atoms. The van der Waals surface area contributed by atoms with Gasteiger partial charge in [0.05, 0.1) is 12.5 Å². The SMILES string of the molecule is CSCCC(NC(=O)C(N)CCCN=C(N)N)C(=O)NC(CC(N)=O)C(=O)NC(CCCN=C(N)N)C(=O)O. The standard InChI is InChI=1S/C21H41N11O6S/c1-39-9-6-12(30-16(34)11(22)4-2-7-28-20(24)25)17(35)32-14(10-15(23)33)18(36)31-13(19(37)38)5-3-8-29-21(26)27/h11-14H,2-10,22H2,1H3,(H2,23,33)(H,30,34)(H,31,36)(H,32,35)(H,37,38)(H4,24,25,28)(H4,26,27,29). The molecule has 4 atom stereocenters. The van der Waals surface area contributed by atoms with Crippen LogP contribution in [0.15, 0.2) is 9.98 Å². The summed E-state index contributed by atoms with van der Waals surface area (Å²) in [5.74, 6) is -4.35. The van der Waals surface area contributed by atoms with E-state index in [1.807, 2.05) is 0 Å². The molecule has 0 aliphatic heterocycles. The van der Waals surface area contributed by atoms with E-state index in [1.54, 1.807) is 6.26 Å². The number of carboxylic acids is 1. The van der Waals surface area contributed by atoms with Crippen molar-refractivity contribution in [2.45, 2.75) is 62.7 Å². The lowest BCUT2D eigenvalue weighted by atomic mass is 10.1. The summed E-state index contributed by atoms with van der Waals surface area (Å²) >= 11 is 1.42. The van der Waals surface area contributed by atoms with Crippen molar-refractivity contribution in [3.05, 3.63) is 0 Å². The zero-order valence-corrected chi connectivity index (χ0v) is 22.7. The number of nitrogens with one attached hydrogen (secondary N) is 3. The molecule has 0 aromatic heterocycles. The topological polar surface area (TPSA) is 323 Å². The number of aliphatic imine (C=N–C) groups is 2. The third-order valence-electron chi connectivity index (χ3n) is 5.15. The third-order valence-corrected chi connectivity index (χ3v) is 5.79. The van der Waals surface area contributed by atoms with Crippen molar-refractivity contribution < 1.29 is 29.1 Å². The van der Waals surface area contributed by atoms with Crippen molar-refractivity contribution in [1.29, 1.82) is 0 Å². The first kappa shape index (κ1) is 35.2. The maximum Gasteiger partial charge on any atom is 0.326 e. The number of nitrogens with two attached hydrogens (primary N) is 6. The maximum absolute atomic E-state index is 13.0. The van der Waals surface area contributed by atoms with Crippen molar-refractivity contribution in [3.63, 3.8) is 0 Å². The number of carbonyl (C=O) groups is 5. The molecule has 39 heavy (non-hydrogen) atoms. The molecule has 0 aliphatic rings. The minimum Gasteiger partial charge on any atom is -0.480 e. The molecule has 0 radical (unpaired) electrons. The van der Waals surface area contributed by atoms with E-state index >= 15 is 0 Å². The highest BCUT2D eigenvalue weighted by Crippen LogP contribution is 2.06. The van der Waals surface area contributed by atoms with Gasteiger partial charge < -0.3 is 55.5 Å². The largest absolute Gasteiger partial charge is 0.480 e. The molecule has 0 aliphatic carbocycles. The zero-order valence-electron chi connectivity index (χ0n) is 21.9. The van der Waals surface area contributed by atoms with Crippen LogP contribution >= 0.6 is 11.8 Å². The van der Waals surface area contributed by atoms with Gasteiger partial charge in [0, 0.05) is 13.1 Å². The van der Waals surface area contributed by atoms with Gasteiger partial charge in [-0.2, -0.15) is 11.8 Å². The molecule has 0 heterocycles. The molecule has 18 heteroatoms. The average molecular weight is 576 g/mol. The highest BCUT2D eigenvalue weighted by molar-refractivity contribution is 7.98. The summed E-state index contributed by atoms with van der Waals surface area (Å²) in [6.07, 6.45) is 2.25. The Morgan fingerprint density at radius 1 is 0.744 bits per heavy atom. The van der Waals surface area contributed by atoms with Crippen LogP contribution in [0.4, 0.5) is 0 Å². The summed E-state index contributed by atoms with van der Waals surface area (Å²) in [6, 6.07) is -4.88. The van der Waals surface area contributed by atoms with E-state index in [2.05, 4.69) is 25.9 Å². The van der Waals surface area contributed by atoms with Gasteiger partial charge in [0.1, 0.15) is 18.1 Å². The van der Waals surface area contributed by atoms with Crippen molar-refractivity contribution in [1.82, 2.24) is 16.0 Å². The number of thioether (sulfide) groups is 1. The van der Waals surface area contributed by atoms with Crippen molar-refractivity contribution >= 4 is 53.3 Å². The lowest BCUT2D eigenvalue weighted by molar-refractivity contribution is -0.142. The summed E-state index contributed by atoms with van der Waals surface area (Å²) in [7, 11) is 0. The van der Waals surface area contributed by atoms with Crippen LogP contribution in [0.25, 0.3) is 0 Å². The Balaban J connectivity index is 5.39. The Labute approximate surface area is 230 Å². The van der Waals surface area contributed by atoms with E-state index in [1.165, 1.54) is 11.8 Å². The van der Waals surface area contributed by atoms with Crippen LogP contribution < -0.4 is 50.4 Å². The van der Waals surface area contributed by atoms with Crippen LogP contribution in [-0.4, -0.2) is 95.9 Å². The Morgan fingerprint density at radius 3 is 1.72 bits per heavy atom. The van der Waals surface area contributed by atoms with E-state index in [-0.39, 0.29) is 50.7 Å². The molecule has 0 bridgehead atoms. The second-order valence-corrected chi connectivity index (χ2v) is 9.46. The third kappa shape index (κ3) is 16.6. The second-order valence-electron chi connectivity index (χ2n) is 8.48. The first-order valence-electron chi connectivity index (χ1n) is 12.1. The molecule has 0 aromatic rings. The van der Waals surface area contributed by atoms with Crippen LogP contribution in [0.3, 0.4) is 0 Å². The second kappa shape index (κ2) is 19.3. The predicted octanol–water partition coefficient (Wildman–Crippen LogP) is -4.41. The fourth-order valence-corrected chi connectivity index (χ4v) is 3.62. The molecule has 0 saturated carbocycles. The van der Waals surface area contributed by atoms with Gasteiger partial charge in [0.25, 0.3) is 0 Å². The number of aliphatic carboxylic acids is 1. The van der Waals surface area contributed by atoms with Gasteiger partial charge in [-0.25, -0.2) is 4.79 Å². The number of amides is 4. The molecule has 222 valence electrons. The summed E-state index contributed by atoms with van der Waals surface area (Å²) in [5.41, 5.74) is 32.1. The minimum atomic E-state index is -1.49. The van der Waals surface area contributed by atoms with E-state index in [0.29, 0.717) is 12.2 Å². The molecule has 4 unspecified atom stereocenters. The summed E-state index contributed by atoms with van der Waals surface area (Å²) in [4.78, 5) is 69.2. The summed E-state index contributed by atoms with van der Waals surface area (Å²) in [6.45, 7) is 0.409. The Bertz CT molecular complexity index is 894. The van der Waals surface area contributed by atoms with E-state index in [9.17, 15) is 29.1 Å². The smallest absolute Gasteiger partial charge is 0.326 e. The number of primary amides is 1. The molecule has 16 N–H and O–H groups in total. The minimum absolute atomic E-state index is 0.0252. The number of carbonyl (C=O) groups excluding carboxylic acids is 4. The zero-order chi connectivity index (χ0) is 30.0. The van der Waals surface area contributed by atoms with Crippen LogP contribution in [0.5, 0.6) is 0 Å². The van der Waals surface area contributed by atoms with Crippen LogP contribution in [-0.2, 0) is 24.0 Å². The Hall–Kier alpha value is -3.80. The van der Waals surface area contributed by atoms with Crippen LogP contribution in [0.1, 0.15) is 38.5 Å². The molecule has 17 nitrogen and oxygen atoms in total. The number of rotatable bonds is 20. The summed E-state index contributed by atoms with van der Waals surface area (Å²) < 4.78 is 0. The lowest BCUT2D eigenvalue weighted by Crippen LogP contribution is -2.57. The van der Waals surface area contributed by atoms with Crippen LogP contribution in [0, 0.1) is 0 Å². The number of hydrogen-bond acceptors (Lipinski definition) is 9. The van der Waals surface area contributed by atoms with Crippen molar-refractivity contribution in [2.75, 3.05) is 25.1 Å². The molecule has 0 fully saturated rings. The van der Waals surface area contributed by atoms with Gasteiger partial charge in [0.15, 0.2) is 11.9 Å². The van der Waals surface area contributed by atoms with Crippen LogP contribution in [0.2, 0.25) is 0 Å². The average Bonchev–Trinajstić information content (AvgIpc) is 2.84. The highest BCUT2D eigenvalue weighted by atomic mass is 32.2. The quantitative estimate of drug-likeness (QED) is 0.0373. The molecule has 0 saturated heterocycles. The molecule has 0 rings (SSSR count).